The second-order valence-corrected chi connectivity index (χ2v) is 9.10. The van der Waals surface area contributed by atoms with Gasteiger partial charge in [0.05, 0.1) is 0 Å². The van der Waals surface area contributed by atoms with Gasteiger partial charge in [0.15, 0.2) is 5.78 Å². The highest BCUT2D eigenvalue weighted by molar-refractivity contribution is 5.89. The second kappa shape index (κ2) is 3.85. The summed E-state index contributed by atoms with van der Waals surface area (Å²) in [5.74, 6) is 2.78. The molecule has 1 spiro atoms. The third-order valence-corrected chi connectivity index (χ3v) is 8.66. The van der Waals surface area contributed by atoms with Crippen molar-refractivity contribution in [1.29, 1.82) is 0 Å². The number of rotatable bonds is 0. The van der Waals surface area contributed by atoms with E-state index in [1.807, 2.05) is 0 Å². The van der Waals surface area contributed by atoms with Gasteiger partial charge in [0, 0.05) is 23.7 Å². The predicted molar refractivity (Wildman–Crippen MR) is 81.2 cm³/mol. The number of ether oxygens (including phenoxy) is 1. The van der Waals surface area contributed by atoms with Crippen molar-refractivity contribution >= 4 is 11.6 Å². The fourth-order valence-electron chi connectivity index (χ4n) is 7.27. The van der Waals surface area contributed by atoms with Gasteiger partial charge in [0.2, 0.25) is 0 Å². The lowest BCUT2D eigenvalue weighted by molar-refractivity contribution is -0.140. The Morgan fingerprint density at radius 2 is 1.77 bits per heavy atom. The van der Waals surface area contributed by atoms with Crippen LogP contribution >= 0.6 is 0 Å². The summed E-state index contributed by atoms with van der Waals surface area (Å²) in [5.41, 5.74) is -0.00234. The summed E-state index contributed by atoms with van der Waals surface area (Å²) in [6.45, 7) is 4.63. The van der Waals surface area contributed by atoms with Crippen LogP contribution in [0.4, 0.5) is 0 Å². The summed E-state index contributed by atoms with van der Waals surface area (Å²) in [7, 11) is 0. The maximum Gasteiger partial charge on any atom is 0.164 e. The van der Waals surface area contributed by atoms with E-state index in [-0.39, 0.29) is 22.5 Å². The Balaban J connectivity index is 1.52. The molecule has 1 saturated heterocycles. The highest BCUT2D eigenvalue weighted by Gasteiger charge is 2.76. The number of carbonyl (C=O) groups is 2. The maximum atomic E-state index is 12.4. The Bertz CT molecular complexity index is 583. The zero-order valence-electron chi connectivity index (χ0n) is 13.7. The maximum absolute atomic E-state index is 12.4. The van der Waals surface area contributed by atoms with Crippen LogP contribution < -0.4 is 0 Å². The van der Waals surface area contributed by atoms with Crippen LogP contribution in [0.5, 0.6) is 0 Å². The molecule has 4 aliphatic carbocycles. The molecule has 0 aromatic carbocycles. The summed E-state index contributed by atoms with van der Waals surface area (Å²) in [5, 5.41) is 0. The largest absolute Gasteiger partial charge is 0.357 e. The van der Waals surface area contributed by atoms with Crippen LogP contribution in [0, 0.1) is 28.6 Å². The first-order valence-corrected chi connectivity index (χ1v) is 9.16. The fourth-order valence-corrected chi connectivity index (χ4v) is 7.27. The van der Waals surface area contributed by atoms with E-state index in [0.717, 1.165) is 44.9 Å². The van der Waals surface area contributed by atoms with Gasteiger partial charge in [-0.2, -0.15) is 0 Å². The molecular formula is C19H26O3. The number of ketones is 2. The highest BCUT2D eigenvalue weighted by atomic mass is 16.6. The molecule has 0 radical (unpaired) electrons. The molecule has 0 amide bonds. The SMILES string of the molecule is C[C@]12CC[C@H]3[C@@H](CC[C@@]45O[C@@H]4C(=O)CC[C@]35C)[C@@H]1CCC2=O. The summed E-state index contributed by atoms with van der Waals surface area (Å²) >= 11 is 0. The van der Waals surface area contributed by atoms with Gasteiger partial charge in [-0.1, -0.05) is 13.8 Å². The molecule has 1 aliphatic heterocycles. The van der Waals surface area contributed by atoms with Crippen LogP contribution in [0.15, 0.2) is 0 Å². The van der Waals surface area contributed by atoms with Crippen LogP contribution in [0.2, 0.25) is 0 Å². The summed E-state index contributed by atoms with van der Waals surface area (Å²) < 4.78 is 6.07. The molecule has 0 aromatic heterocycles. The number of hydrogen-bond donors (Lipinski definition) is 0. The Kier molecular flexibility index (Phi) is 2.40. The molecule has 0 N–H and O–H groups in total. The van der Waals surface area contributed by atoms with E-state index < -0.39 is 0 Å². The van der Waals surface area contributed by atoms with Crippen LogP contribution in [0.25, 0.3) is 0 Å². The lowest BCUT2D eigenvalue weighted by Gasteiger charge is -2.58. The summed E-state index contributed by atoms with van der Waals surface area (Å²) in [6.07, 6.45) is 7.93. The van der Waals surface area contributed by atoms with Gasteiger partial charge in [-0.15, -0.1) is 0 Å². The van der Waals surface area contributed by atoms with Gasteiger partial charge in [-0.05, 0) is 56.3 Å². The molecule has 5 rings (SSSR count). The first-order valence-electron chi connectivity index (χ1n) is 9.16. The Morgan fingerprint density at radius 3 is 2.59 bits per heavy atom. The lowest BCUT2D eigenvalue weighted by atomic mass is 9.45. The van der Waals surface area contributed by atoms with E-state index >= 15 is 0 Å². The molecule has 0 unspecified atom stereocenters. The first kappa shape index (κ1) is 13.7. The normalized spacial score (nSPS) is 59.4. The first-order chi connectivity index (χ1) is 10.4. The number of carbonyl (C=O) groups excluding carboxylic acids is 2. The van der Waals surface area contributed by atoms with Crippen molar-refractivity contribution < 1.29 is 14.3 Å². The van der Waals surface area contributed by atoms with E-state index in [1.165, 1.54) is 0 Å². The standard InChI is InChI=1S/C19H26O3/c1-17-8-6-13-11(12(17)3-4-15(17)21)5-10-19-16(22-19)14(20)7-9-18(13,19)2/h11-13,16H,3-10H2,1-2H3/t11-,12-,13-,16+,17-,18+,19+/m0/s1. The lowest BCUT2D eigenvalue weighted by Crippen LogP contribution is -2.58. The second-order valence-electron chi connectivity index (χ2n) is 9.10. The molecule has 1 heterocycles. The van der Waals surface area contributed by atoms with Crippen LogP contribution in [0.1, 0.15) is 65.2 Å². The monoisotopic (exact) mass is 302 g/mol. The topological polar surface area (TPSA) is 46.7 Å². The minimum absolute atomic E-state index is 0.0453. The van der Waals surface area contributed by atoms with E-state index in [4.69, 9.17) is 4.74 Å². The molecular weight excluding hydrogens is 276 g/mol. The fraction of sp³-hybridized carbons (Fsp3) is 0.895. The zero-order valence-corrected chi connectivity index (χ0v) is 13.7. The predicted octanol–water partition coefficient (Wildman–Crippen LogP) is 3.30. The Labute approximate surface area is 132 Å². The average Bonchev–Trinajstić information content (AvgIpc) is 3.17. The van der Waals surface area contributed by atoms with E-state index in [2.05, 4.69) is 13.8 Å². The molecule has 0 aromatic rings. The van der Waals surface area contributed by atoms with Gasteiger partial charge in [0.25, 0.3) is 0 Å². The van der Waals surface area contributed by atoms with E-state index in [0.29, 0.717) is 35.7 Å². The summed E-state index contributed by atoms with van der Waals surface area (Å²) in [6, 6.07) is 0. The molecule has 22 heavy (non-hydrogen) atoms. The zero-order chi connectivity index (χ0) is 15.3. The molecule has 120 valence electrons. The van der Waals surface area contributed by atoms with E-state index in [9.17, 15) is 9.59 Å². The van der Waals surface area contributed by atoms with Gasteiger partial charge in [-0.25, -0.2) is 0 Å². The van der Waals surface area contributed by atoms with Crippen molar-refractivity contribution in [2.45, 2.75) is 76.9 Å². The minimum atomic E-state index is -0.125. The molecule has 7 atom stereocenters. The van der Waals surface area contributed by atoms with E-state index in [1.54, 1.807) is 0 Å². The number of epoxide rings is 1. The Morgan fingerprint density at radius 1 is 0.955 bits per heavy atom. The van der Waals surface area contributed by atoms with Crippen molar-refractivity contribution in [2.24, 2.45) is 28.6 Å². The molecule has 5 fully saturated rings. The molecule has 5 aliphatic rings. The Hall–Kier alpha value is -0.700. The van der Waals surface area contributed by atoms with Crippen molar-refractivity contribution in [1.82, 2.24) is 0 Å². The van der Waals surface area contributed by atoms with Crippen molar-refractivity contribution in [2.75, 3.05) is 0 Å². The molecule has 3 nitrogen and oxygen atoms in total. The summed E-state index contributed by atoms with van der Waals surface area (Å²) in [4.78, 5) is 24.5. The van der Waals surface area contributed by atoms with Gasteiger partial charge >= 0.3 is 0 Å². The number of hydrogen-bond acceptors (Lipinski definition) is 3. The highest BCUT2D eigenvalue weighted by Crippen LogP contribution is 2.71. The average molecular weight is 302 g/mol. The smallest absolute Gasteiger partial charge is 0.164 e. The van der Waals surface area contributed by atoms with Crippen LogP contribution in [0.3, 0.4) is 0 Å². The van der Waals surface area contributed by atoms with Crippen LogP contribution in [-0.2, 0) is 14.3 Å². The third-order valence-electron chi connectivity index (χ3n) is 8.66. The van der Waals surface area contributed by atoms with Crippen LogP contribution in [-0.4, -0.2) is 23.3 Å². The quantitative estimate of drug-likeness (QED) is 0.645. The molecule has 4 saturated carbocycles. The minimum Gasteiger partial charge on any atom is -0.357 e. The molecule has 3 heteroatoms. The molecule has 0 bridgehead atoms. The van der Waals surface area contributed by atoms with Crippen molar-refractivity contribution in [3.05, 3.63) is 0 Å². The van der Waals surface area contributed by atoms with Gasteiger partial charge < -0.3 is 4.74 Å². The van der Waals surface area contributed by atoms with Gasteiger partial charge in [0.1, 0.15) is 17.5 Å². The third kappa shape index (κ3) is 1.31. The van der Waals surface area contributed by atoms with Gasteiger partial charge in [-0.3, -0.25) is 9.59 Å². The van der Waals surface area contributed by atoms with Crippen molar-refractivity contribution in [3.8, 4) is 0 Å². The van der Waals surface area contributed by atoms with Crippen molar-refractivity contribution in [3.63, 3.8) is 0 Å². The number of fused-ring (bicyclic) bond motifs is 4. The number of Topliss-reactive ketones (excluding diaryl/α,β-unsaturated/α-hetero) is 2.